The quantitative estimate of drug-likeness (QED) is 0.0263. The Morgan fingerprint density at radius 3 is 1.08 bits per heavy atom. The van der Waals surface area contributed by atoms with Crippen LogP contribution in [0.2, 0.25) is 0 Å². The molecule has 0 aromatic heterocycles. The van der Waals surface area contributed by atoms with E-state index in [-0.39, 0.29) is 37.2 Å². The number of phenols is 2. The van der Waals surface area contributed by atoms with Gasteiger partial charge in [-0.3, -0.25) is 38.4 Å². The minimum Gasteiger partial charge on any atom is -0.508 e. The summed E-state index contributed by atoms with van der Waals surface area (Å²) in [5.74, 6) is -5.77. The van der Waals surface area contributed by atoms with Crippen LogP contribution in [0.3, 0.4) is 0 Å². The molecule has 0 spiro atoms. The van der Waals surface area contributed by atoms with Gasteiger partial charge in [-0.2, -0.15) is 0 Å². The summed E-state index contributed by atoms with van der Waals surface area (Å²) < 4.78 is 0. The fraction of sp³-hybridized carbons (Fsp3) is 0.373. The Morgan fingerprint density at radius 2 is 0.743 bits per heavy atom. The molecule has 23 nitrogen and oxygen atoms in total. The van der Waals surface area contributed by atoms with E-state index in [9.17, 15) is 63.9 Å². The van der Waals surface area contributed by atoms with E-state index in [4.69, 9.17) is 11.5 Å². The number of nitrogens with two attached hydrogens (primary N) is 2. The lowest BCUT2D eigenvalue weighted by Gasteiger charge is -2.26. The number of hydrogen-bond donors (Lipinski definition) is 15. The van der Waals surface area contributed by atoms with E-state index in [2.05, 4.69) is 42.5 Å². The lowest BCUT2D eigenvalue weighted by atomic mass is 10.0. The second-order valence-electron chi connectivity index (χ2n) is 17.6. The minimum absolute atomic E-state index is 0.0333. The van der Waals surface area contributed by atoms with E-state index >= 15 is 0 Å². The van der Waals surface area contributed by atoms with Gasteiger partial charge in [0.05, 0.1) is 37.4 Å². The van der Waals surface area contributed by atoms with Gasteiger partial charge in [-0.15, -0.1) is 0 Å². The molecule has 0 bridgehead atoms. The summed E-state index contributed by atoms with van der Waals surface area (Å²) >= 11 is 0. The molecule has 398 valence electrons. The lowest BCUT2D eigenvalue weighted by Crippen LogP contribution is -2.56. The first-order chi connectivity index (χ1) is 35.2. The molecule has 4 aromatic carbocycles. The lowest BCUT2D eigenvalue weighted by molar-refractivity contribution is -0.132. The average Bonchev–Trinajstić information content (AvgIpc) is 3.38. The highest BCUT2D eigenvalue weighted by Gasteiger charge is 2.30. The van der Waals surface area contributed by atoms with Crippen molar-refractivity contribution < 1.29 is 63.9 Å². The second kappa shape index (κ2) is 29.5. The van der Waals surface area contributed by atoms with Crippen LogP contribution in [0, 0.1) is 0 Å². The molecule has 4 rings (SSSR count). The fourth-order valence-electron chi connectivity index (χ4n) is 7.13. The van der Waals surface area contributed by atoms with Crippen molar-refractivity contribution >= 4 is 47.3 Å². The maximum Gasteiger partial charge on any atom is 0.243 e. The maximum atomic E-state index is 13.5. The van der Waals surface area contributed by atoms with Crippen LogP contribution in [0.5, 0.6) is 11.5 Å². The van der Waals surface area contributed by atoms with E-state index in [1.807, 2.05) is 0 Å². The van der Waals surface area contributed by atoms with E-state index in [0.29, 0.717) is 22.3 Å². The van der Waals surface area contributed by atoms with Gasteiger partial charge in [0.15, 0.2) is 0 Å². The first kappa shape index (κ1) is 58.6. The number of aliphatic hydroxyl groups excluding tert-OH is 3. The van der Waals surface area contributed by atoms with Gasteiger partial charge in [-0.1, -0.05) is 84.9 Å². The molecule has 0 aliphatic rings. The van der Waals surface area contributed by atoms with Crippen molar-refractivity contribution in [2.75, 3.05) is 26.2 Å². The molecule has 0 unspecified atom stereocenters. The van der Waals surface area contributed by atoms with Crippen molar-refractivity contribution in [1.29, 1.82) is 0 Å². The summed E-state index contributed by atoms with van der Waals surface area (Å²) in [5.41, 5.74) is 14.6. The van der Waals surface area contributed by atoms with Crippen molar-refractivity contribution in [3.8, 4) is 11.5 Å². The van der Waals surface area contributed by atoms with Crippen molar-refractivity contribution in [1.82, 2.24) is 42.5 Å². The van der Waals surface area contributed by atoms with Gasteiger partial charge in [-0.05, 0) is 73.2 Å². The summed E-state index contributed by atoms with van der Waals surface area (Å²) in [5, 5.41) is 71.0. The molecule has 74 heavy (non-hydrogen) atoms. The standard InChI is InChI=1S/C51H66N10O13/c1-29(58-48(71)37(52)21-33-13-17-35(62)18-14-33)46(69)56-27-43(66)60-39(23-31-9-5-3-6-10-31)50(73)54-25-41(64)45(68)42(65)26-55-51(74)40(24-32-11-7-4-8-12-32)61-44(67)28-57-47(70)30(2)59-49(72)38(53)22-34-15-19-36(63)20-16-34/h3-20,29-30,37-42,45,62-65,68H,21-28,52-53H2,1-2H3,(H,54,73)(H,55,74)(H,56,69)(H,57,70)(H,58,71)(H,59,72)(H,60,66)(H,61,67)/t29-,30-,37+,38+,39+,40+,41+,42+/m1/s1. The van der Waals surface area contributed by atoms with Crippen molar-refractivity contribution in [2.24, 2.45) is 11.5 Å². The first-order valence-electron chi connectivity index (χ1n) is 23.7. The Hall–Kier alpha value is -7.96. The van der Waals surface area contributed by atoms with Crippen molar-refractivity contribution in [3.05, 3.63) is 131 Å². The summed E-state index contributed by atoms with van der Waals surface area (Å²) in [6, 6.07) is 22.6. The Labute approximate surface area is 427 Å². The van der Waals surface area contributed by atoms with Crippen molar-refractivity contribution in [3.63, 3.8) is 0 Å². The number of nitrogens with one attached hydrogen (secondary N) is 8. The number of phenolic OH excluding ortho intramolecular Hbond substituents is 2. The molecule has 0 radical (unpaired) electrons. The first-order valence-corrected chi connectivity index (χ1v) is 23.7. The van der Waals surface area contributed by atoms with Gasteiger partial charge >= 0.3 is 0 Å². The smallest absolute Gasteiger partial charge is 0.243 e. The third kappa shape index (κ3) is 20.3. The zero-order valence-corrected chi connectivity index (χ0v) is 40.9. The van der Waals surface area contributed by atoms with E-state index < -0.39 is 128 Å². The zero-order valence-electron chi connectivity index (χ0n) is 40.9. The molecule has 17 N–H and O–H groups in total. The zero-order chi connectivity index (χ0) is 54.3. The molecule has 4 aromatic rings. The number of aromatic hydroxyl groups is 2. The van der Waals surface area contributed by atoms with Crippen LogP contribution in [0.1, 0.15) is 36.1 Å². The van der Waals surface area contributed by atoms with Gasteiger partial charge in [0, 0.05) is 25.9 Å². The Bertz CT molecular complexity index is 2320. The number of benzene rings is 4. The van der Waals surface area contributed by atoms with E-state index in [1.165, 1.54) is 38.1 Å². The van der Waals surface area contributed by atoms with Crippen LogP contribution in [-0.4, -0.2) is 154 Å². The molecule has 0 fully saturated rings. The van der Waals surface area contributed by atoms with Crippen LogP contribution >= 0.6 is 0 Å². The number of rotatable bonds is 28. The molecule has 0 aliphatic heterocycles. The highest BCUT2D eigenvalue weighted by atomic mass is 16.4. The molecular formula is C51H66N10O13. The molecule has 0 aliphatic carbocycles. The number of amides is 8. The van der Waals surface area contributed by atoms with Crippen LogP contribution in [0.25, 0.3) is 0 Å². The van der Waals surface area contributed by atoms with Gasteiger partial charge in [-0.25, -0.2) is 0 Å². The largest absolute Gasteiger partial charge is 0.508 e. The monoisotopic (exact) mass is 1030 g/mol. The molecule has 23 heteroatoms. The topological polar surface area (TPSA) is 386 Å². The van der Waals surface area contributed by atoms with E-state index in [1.54, 1.807) is 84.9 Å². The Balaban J connectivity index is 1.25. The third-order valence-corrected chi connectivity index (χ3v) is 11.4. The number of hydrogen-bond acceptors (Lipinski definition) is 15. The molecule has 0 saturated heterocycles. The highest BCUT2D eigenvalue weighted by molar-refractivity contribution is 5.94. The van der Waals surface area contributed by atoms with Gasteiger partial charge in [0.25, 0.3) is 0 Å². The minimum atomic E-state index is -1.93. The average molecular weight is 1030 g/mol. The molecule has 0 saturated carbocycles. The summed E-state index contributed by atoms with van der Waals surface area (Å²) in [6.07, 6.45) is -5.33. The predicted octanol–water partition coefficient (Wildman–Crippen LogP) is -3.45. The molecule has 8 amide bonds. The number of aliphatic hydroxyl groups is 3. The maximum absolute atomic E-state index is 13.5. The van der Waals surface area contributed by atoms with Gasteiger partial charge in [0.2, 0.25) is 47.3 Å². The number of carbonyl (C=O) groups excluding carboxylic acids is 8. The Morgan fingerprint density at radius 1 is 0.419 bits per heavy atom. The van der Waals surface area contributed by atoms with Crippen molar-refractivity contribution in [2.45, 2.75) is 94.1 Å². The SMILES string of the molecule is C[C@@H](NC(=O)[C@@H](N)Cc1ccc(O)cc1)C(=O)NCC(=O)N[C@@H](Cc1ccccc1)C(=O)NC[C@H](O)C(O)[C@@H](O)CNC(=O)[C@H](Cc1ccccc1)NC(=O)CNC(=O)[C@@H](C)NC(=O)[C@@H](N)Cc1ccc(O)cc1. The predicted molar refractivity (Wildman–Crippen MR) is 269 cm³/mol. The fourth-order valence-corrected chi connectivity index (χ4v) is 7.13. The molecule has 8 atom stereocenters. The third-order valence-electron chi connectivity index (χ3n) is 11.4. The number of carbonyl (C=O) groups is 8. The van der Waals surface area contributed by atoms with Crippen LogP contribution in [0.4, 0.5) is 0 Å². The molecular weight excluding hydrogens is 961 g/mol. The molecule has 0 heterocycles. The summed E-state index contributed by atoms with van der Waals surface area (Å²) in [7, 11) is 0. The van der Waals surface area contributed by atoms with E-state index in [0.717, 1.165) is 0 Å². The highest BCUT2D eigenvalue weighted by Crippen LogP contribution is 2.13. The summed E-state index contributed by atoms with van der Waals surface area (Å²) in [4.78, 5) is 104. The van der Waals surface area contributed by atoms with Gasteiger partial charge < -0.3 is 79.5 Å². The summed E-state index contributed by atoms with van der Waals surface area (Å²) in [6.45, 7) is 0.345. The Kier molecular flexibility index (Phi) is 23.4. The van der Waals surface area contributed by atoms with Crippen LogP contribution < -0.4 is 54.0 Å². The van der Waals surface area contributed by atoms with Crippen LogP contribution in [-0.2, 0) is 64.0 Å². The van der Waals surface area contributed by atoms with Crippen LogP contribution in [0.15, 0.2) is 109 Å². The van der Waals surface area contributed by atoms with Gasteiger partial charge in [0.1, 0.15) is 41.8 Å². The second-order valence-corrected chi connectivity index (χ2v) is 17.6. The normalized spacial score (nSPS) is 14.3.